The van der Waals surface area contributed by atoms with Crippen LogP contribution >= 0.6 is 11.6 Å². The summed E-state index contributed by atoms with van der Waals surface area (Å²) in [7, 11) is 0. The minimum Gasteiger partial charge on any atom is -0.473 e. The maximum absolute atomic E-state index is 11.8. The van der Waals surface area contributed by atoms with Gasteiger partial charge in [-0.05, 0) is 49.2 Å². The molecule has 0 unspecified atom stereocenters. The number of nitrogens with zero attached hydrogens (tertiary/aromatic N) is 1. The molecule has 23 heavy (non-hydrogen) atoms. The van der Waals surface area contributed by atoms with Crippen molar-refractivity contribution in [3.8, 4) is 11.8 Å². The Hall–Kier alpha value is -2.71. The van der Waals surface area contributed by atoms with Crippen molar-refractivity contribution >= 4 is 23.3 Å². The second-order valence-corrected chi connectivity index (χ2v) is 5.33. The molecule has 0 aliphatic heterocycles. The van der Waals surface area contributed by atoms with Crippen LogP contribution in [-0.4, -0.2) is 12.8 Å². The summed E-state index contributed by atoms with van der Waals surface area (Å²) in [5.41, 5.74) is 2.67. The van der Waals surface area contributed by atoms with Crippen LogP contribution in [0.1, 0.15) is 16.7 Å². The van der Waals surface area contributed by atoms with Crippen molar-refractivity contribution in [3.05, 3.63) is 58.1 Å². The van der Waals surface area contributed by atoms with Crippen LogP contribution in [0.25, 0.3) is 0 Å². The molecule has 2 amide bonds. The Labute approximate surface area is 139 Å². The first-order chi connectivity index (χ1) is 11.0. The van der Waals surface area contributed by atoms with E-state index in [2.05, 4.69) is 10.6 Å². The van der Waals surface area contributed by atoms with Crippen molar-refractivity contribution < 1.29 is 9.53 Å². The molecule has 0 fully saturated rings. The van der Waals surface area contributed by atoms with Crippen LogP contribution in [0.15, 0.2) is 36.4 Å². The van der Waals surface area contributed by atoms with Crippen molar-refractivity contribution in [2.45, 2.75) is 13.8 Å². The van der Waals surface area contributed by atoms with Gasteiger partial charge >= 0.3 is 6.03 Å². The molecule has 0 bridgehead atoms. The smallest absolute Gasteiger partial charge is 0.321 e. The number of amides is 2. The van der Waals surface area contributed by atoms with Gasteiger partial charge in [-0.2, -0.15) is 5.26 Å². The van der Waals surface area contributed by atoms with Gasteiger partial charge in [0, 0.05) is 5.02 Å². The second-order valence-electron chi connectivity index (χ2n) is 4.95. The molecule has 0 radical (unpaired) electrons. The zero-order valence-electron chi connectivity index (χ0n) is 12.8. The van der Waals surface area contributed by atoms with Gasteiger partial charge in [0.05, 0.1) is 11.3 Å². The Bertz CT molecular complexity index is 746. The first-order valence-electron chi connectivity index (χ1n) is 6.95. The molecule has 2 aromatic carbocycles. The van der Waals surface area contributed by atoms with Gasteiger partial charge in [-0.3, -0.25) is 0 Å². The Morgan fingerprint density at radius 2 is 1.91 bits per heavy atom. The standard InChI is InChI=1S/C17H16ClN3O2/c1-11-7-14(8-12(2)16(11)18)23-10-20-17(22)21-15-6-4-3-5-13(15)9-19/h3-8H,10H2,1-2H3,(H2,20,21,22). The summed E-state index contributed by atoms with van der Waals surface area (Å²) in [6, 6.07) is 11.9. The summed E-state index contributed by atoms with van der Waals surface area (Å²) in [5, 5.41) is 14.9. The average Bonchev–Trinajstić information content (AvgIpc) is 2.53. The Kier molecular flexibility index (Phi) is 5.45. The molecule has 0 spiro atoms. The number of nitrogens with one attached hydrogen (secondary N) is 2. The lowest BCUT2D eigenvalue weighted by Crippen LogP contribution is -2.32. The third-order valence-electron chi connectivity index (χ3n) is 3.18. The summed E-state index contributed by atoms with van der Waals surface area (Å²) in [6.45, 7) is 3.78. The molecule has 0 aliphatic rings. The third kappa shape index (κ3) is 4.38. The summed E-state index contributed by atoms with van der Waals surface area (Å²) in [5.74, 6) is 0.627. The number of carbonyl (C=O) groups is 1. The highest BCUT2D eigenvalue weighted by Gasteiger charge is 2.07. The van der Waals surface area contributed by atoms with Gasteiger partial charge in [0.15, 0.2) is 6.73 Å². The zero-order valence-corrected chi connectivity index (χ0v) is 13.6. The van der Waals surface area contributed by atoms with Crippen LogP contribution in [0.2, 0.25) is 5.02 Å². The van der Waals surface area contributed by atoms with Crippen LogP contribution < -0.4 is 15.4 Å². The molecule has 118 valence electrons. The van der Waals surface area contributed by atoms with Crippen molar-refractivity contribution in [1.82, 2.24) is 5.32 Å². The maximum atomic E-state index is 11.8. The van der Waals surface area contributed by atoms with E-state index in [1.807, 2.05) is 19.9 Å². The molecule has 0 aromatic heterocycles. The number of ether oxygens (including phenoxy) is 1. The van der Waals surface area contributed by atoms with Crippen LogP contribution in [0.5, 0.6) is 5.75 Å². The van der Waals surface area contributed by atoms with E-state index < -0.39 is 6.03 Å². The Morgan fingerprint density at radius 3 is 2.57 bits per heavy atom. The van der Waals surface area contributed by atoms with E-state index in [9.17, 15) is 4.79 Å². The molecule has 0 aliphatic carbocycles. The quantitative estimate of drug-likeness (QED) is 0.833. The van der Waals surface area contributed by atoms with Crippen LogP contribution in [0, 0.1) is 25.2 Å². The molecular weight excluding hydrogens is 314 g/mol. The summed E-state index contributed by atoms with van der Waals surface area (Å²) in [4.78, 5) is 11.8. The van der Waals surface area contributed by atoms with E-state index in [1.165, 1.54) is 0 Å². The van der Waals surface area contributed by atoms with E-state index in [0.717, 1.165) is 11.1 Å². The van der Waals surface area contributed by atoms with E-state index in [0.29, 0.717) is 22.0 Å². The number of para-hydroxylation sites is 1. The third-order valence-corrected chi connectivity index (χ3v) is 3.77. The molecule has 2 rings (SSSR count). The number of urea groups is 1. The number of halogens is 1. The number of hydrogen-bond acceptors (Lipinski definition) is 3. The lowest BCUT2D eigenvalue weighted by molar-refractivity contribution is 0.234. The average molecular weight is 330 g/mol. The van der Waals surface area contributed by atoms with E-state index in [1.54, 1.807) is 36.4 Å². The summed E-state index contributed by atoms with van der Waals surface area (Å²) in [6.07, 6.45) is 0. The molecule has 6 heteroatoms. The molecule has 2 aromatic rings. The summed E-state index contributed by atoms with van der Waals surface area (Å²) < 4.78 is 5.49. The second kappa shape index (κ2) is 7.52. The number of hydrogen-bond donors (Lipinski definition) is 2. The SMILES string of the molecule is Cc1cc(OCNC(=O)Nc2ccccc2C#N)cc(C)c1Cl. The van der Waals surface area contributed by atoms with Crippen LogP contribution in [-0.2, 0) is 0 Å². The number of benzene rings is 2. The minimum atomic E-state index is -0.449. The molecular formula is C17H16ClN3O2. The fraction of sp³-hybridized carbons (Fsp3) is 0.176. The first kappa shape index (κ1) is 16.7. The highest BCUT2D eigenvalue weighted by atomic mass is 35.5. The number of nitriles is 1. The molecule has 0 saturated heterocycles. The predicted octanol–water partition coefficient (Wildman–Crippen LogP) is 3.99. The number of aryl methyl sites for hydroxylation is 2. The monoisotopic (exact) mass is 329 g/mol. The predicted molar refractivity (Wildman–Crippen MR) is 89.7 cm³/mol. The van der Waals surface area contributed by atoms with Gasteiger partial charge in [0.25, 0.3) is 0 Å². The van der Waals surface area contributed by atoms with Gasteiger partial charge < -0.3 is 15.4 Å². The number of anilines is 1. The number of rotatable bonds is 4. The van der Waals surface area contributed by atoms with Crippen molar-refractivity contribution in [2.75, 3.05) is 12.0 Å². The van der Waals surface area contributed by atoms with Crippen LogP contribution in [0.4, 0.5) is 10.5 Å². The van der Waals surface area contributed by atoms with E-state index in [-0.39, 0.29) is 6.73 Å². The van der Waals surface area contributed by atoms with Gasteiger partial charge in [-0.25, -0.2) is 4.79 Å². The van der Waals surface area contributed by atoms with E-state index >= 15 is 0 Å². The van der Waals surface area contributed by atoms with Crippen molar-refractivity contribution in [3.63, 3.8) is 0 Å². The lowest BCUT2D eigenvalue weighted by Gasteiger charge is -2.12. The first-order valence-corrected chi connectivity index (χ1v) is 7.32. The van der Waals surface area contributed by atoms with Gasteiger partial charge in [-0.15, -0.1) is 0 Å². The molecule has 0 heterocycles. The fourth-order valence-electron chi connectivity index (χ4n) is 2.03. The molecule has 0 saturated carbocycles. The Balaban J connectivity index is 1.89. The lowest BCUT2D eigenvalue weighted by atomic mass is 10.1. The minimum absolute atomic E-state index is 0.00106. The molecule has 5 nitrogen and oxygen atoms in total. The van der Waals surface area contributed by atoms with Crippen molar-refractivity contribution in [2.24, 2.45) is 0 Å². The van der Waals surface area contributed by atoms with E-state index in [4.69, 9.17) is 21.6 Å². The van der Waals surface area contributed by atoms with Crippen LogP contribution in [0.3, 0.4) is 0 Å². The molecule has 2 N–H and O–H groups in total. The largest absolute Gasteiger partial charge is 0.473 e. The van der Waals surface area contributed by atoms with Gasteiger partial charge in [-0.1, -0.05) is 23.7 Å². The Morgan fingerprint density at radius 1 is 1.26 bits per heavy atom. The highest BCUT2D eigenvalue weighted by Crippen LogP contribution is 2.25. The normalized spacial score (nSPS) is 9.83. The van der Waals surface area contributed by atoms with Crippen molar-refractivity contribution in [1.29, 1.82) is 5.26 Å². The highest BCUT2D eigenvalue weighted by molar-refractivity contribution is 6.32. The molecule has 0 atom stereocenters. The number of carbonyl (C=O) groups excluding carboxylic acids is 1. The zero-order chi connectivity index (χ0) is 16.8. The topological polar surface area (TPSA) is 74.2 Å². The summed E-state index contributed by atoms with van der Waals surface area (Å²) >= 11 is 6.09. The van der Waals surface area contributed by atoms with Gasteiger partial charge in [0.2, 0.25) is 0 Å². The fourth-order valence-corrected chi connectivity index (χ4v) is 2.14. The van der Waals surface area contributed by atoms with Gasteiger partial charge in [0.1, 0.15) is 11.8 Å². The maximum Gasteiger partial charge on any atom is 0.321 e.